The number of H-pyrrole nitrogens is 1. The summed E-state index contributed by atoms with van der Waals surface area (Å²) in [7, 11) is 0. The van der Waals surface area contributed by atoms with Gasteiger partial charge in [0, 0.05) is 16.8 Å². The summed E-state index contributed by atoms with van der Waals surface area (Å²) < 4.78 is 0. The second-order valence-corrected chi connectivity index (χ2v) is 4.82. The topological polar surface area (TPSA) is 44.9 Å². The zero-order valence-electron chi connectivity index (χ0n) is 10.2. The van der Waals surface area contributed by atoms with Gasteiger partial charge in [-0.2, -0.15) is 0 Å². The first-order valence-electron chi connectivity index (χ1n) is 5.84. The Labute approximate surface area is 102 Å². The van der Waals surface area contributed by atoms with Gasteiger partial charge in [0.15, 0.2) is 0 Å². The van der Waals surface area contributed by atoms with Crippen molar-refractivity contribution in [3.63, 3.8) is 0 Å². The van der Waals surface area contributed by atoms with Crippen molar-refractivity contribution >= 4 is 18.1 Å². The van der Waals surface area contributed by atoms with Crippen LogP contribution in [0.5, 0.6) is 0 Å². The molecule has 0 spiro atoms. The maximum atomic E-state index is 11.8. The van der Waals surface area contributed by atoms with Crippen LogP contribution in [0.2, 0.25) is 0 Å². The minimum Gasteiger partial charge on any atom is -0.357 e. The van der Waals surface area contributed by atoms with Crippen molar-refractivity contribution in [2.75, 3.05) is 0 Å². The molecule has 1 saturated carbocycles. The molecule has 1 aliphatic carbocycles. The number of carbonyl (C=O) groups is 1. The number of nitrogens with one attached hydrogen (secondary N) is 2. The first-order valence-corrected chi connectivity index (χ1v) is 5.84. The molecule has 1 fully saturated rings. The molecule has 0 saturated heterocycles. The molecule has 3 heteroatoms. The van der Waals surface area contributed by atoms with Crippen LogP contribution in [-0.4, -0.2) is 10.9 Å². The highest BCUT2D eigenvalue weighted by Crippen LogP contribution is 2.45. The molecule has 2 N–H and O–H groups in total. The van der Waals surface area contributed by atoms with Gasteiger partial charge in [0.05, 0.1) is 6.54 Å². The highest BCUT2D eigenvalue weighted by molar-refractivity contribution is 5.84. The zero-order valence-corrected chi connectivity index (χ0v) is 10.2. The summed E-state index contributed by atoms with van der Waals surface area (Å²) in [5.74, 6) is 0.146. The lowest BCUT2D eigenvalue weighted by Gasteiger charge is -2.08. The third kappa shape index (κ3) is 2.33. The molecule has 1 heterocycles. The Bertz CT molecular complexity index is 441. The van der Waals surface area contributed by atoms with Gasteiger partial charge in [-0.1, -0.05) is 26.2 Å². The molecule has 0 aliphatic heterocycles. The lowest BCUT2D eigenvalue weighted by Crippen LogP contribution is -2.29. The summed E-state index contributed by atoms with van der Waals surface area (Å²) in [6.07, 6.45) is 5.53. The number of hydrogen-bond donors (Lipinski definition) is 2. The van der Waals surface area contributed by atoms with Crippen LogP contribution in [0.25, 0.3) is 12.2 Å². The fourth-order valence-electron chi connectivity index (χ4n) is 1.78. The van der Waals surface area contributed by atoms with Gasteiger partial charge in [0.1, 0.15) is 0 Å². The van der Waals surface area contributed by atoms with Gasteiger partial charge in [-0.15, -0.1) is 0 Å². The van der Waals surface area contributed by atoms with Gasteiger partial charge in [-0.05, 0) is 30.5 Å². The molecule has 0 atom stereocenters. The van der Waals surface area contributed by atoms with E-state index in [1.165, 1.54) is 0 Å². The molecule has 0 aromatic carbocycles. The van der Waals surface area contributed by atoms with Crippen molar-refractivity contribution < 1.29 is 4.79 Å². The van der Waals surface area contributed by atoms with E-state index in [2.05, 4.69) is 23.5 Å². The van der Waals surface area contributed by atoms with E-state index >= 15 is 0 Å². The Kier molecular flexibility index (Phi) is 2.92. The normalized spacial score (nSPS) is 16.3. The summed E-state index contributed by atoms with van der Waals surface area (Å²) in [6, 6.07) is 1.99. The van der Waals surface area contributed by atoms with Gasteiger partial charge in [0.2, 0.25) is 5.91 Å². The van der Waals surface area contributed by atoms with Crippen molar-refractivity contribution in [3.8, 4) is 0 Å². The predicted octanol–water partition coefficient (Wildman–Crippen LogP) is 2.72. The molecule has 90 valence electrons. The number of aromatic amines is 1. The molecular weight excluding hydrogens is 212 g/mol. The van der Waals surface area contributed by atoms with Gasteiger partial charge in [0.25, 0.3) is 0 Å². The monoisotopic (exact) mass is 230 g/mol. The Hall–Kier alpha value is -1.77. The molecule has 3 nitrogen and oxygen atoms in total. The van der Waals surface area contributed by atoms with Gasteiger partial charge in [-0.25, -0.2) is 0 Å². The minimum atomic E-state index is -0.116. The van der Waals surface area contributed by atoms with Crippen molar-refractivity contribution in [3.05, 3.63) is 36.2 Å². The zero-order chi connectivity index (χ0) is 12.5. The van der Waals surface area contributed by atoms with Crippen LogP contribution in [-0.2, 0) is 11.3 Å². The van der Waals surface area contributed by atoms with E-state index in [9.17, 15) is 4.79 Å². The van der Waals surface area contributed by atoms with Crippen molar-refractivity contribution in [2.45, 2.75) is 26.3 Å². The van der Waals surface area contributed by atoms with Crippen LogP contribution in [0, 0.1) is 5.41 Å². The quantitative estimate of drug-likeness (QED) is 0.802. The maximum absolute atomic E-state index is 11.8. The van der Waals surface area contributed by atoms with E-state index in [4.69, 9.17) is 0 Å². The number of rotatable bonds is 5. The Morgan fingerprint density at radius 1 is 1.53 bits per heavy atom. The average Bonchev–Trinajstić information content (AvgIpc) is 2.95. The molecule has 1 aliphatic rings. The fraction of sp³-hybridized carbons (Fsp3) is 0.357. The second-order valence-electron chi connectivity index (χ2n) is 4.82. The van der Waals surface area contributed by atoms with Crippen LogP contribution in [0.1, 0.15) is 36.7 Å². The van der Waals surface area contributed by atoms with Crippen LogP contribution < -0.4 is 5.32 Å². The highest BCUT2D eigenvalue weighted by atomic mass is 16.2. The summed E-state index contributed by atoms with van der Waals surface area (Å²) in [5, 5.41) is 2.95. The minimum absolute atomic E-state index is 0.116. The summed E-state index contributed by atoms with van der Waals surface area (Å²) >= 11 is 0. The lowest BCUT2D eigenvalue weighted by molar-refractivity contribution is -0.125. The molecule has 0 unspecified atom stereocenters. The molecule has 2 rings (SSSR count). The Morgan fingerprint density at radius 3 is 2.71 bits per heavy atom. The summed E-state index contributed by atoms with van der Waals surface area (Å²) in [4.78, 5) is 15.0. The Morgan fingerprint density at radius 2 is 2.24 bits per heavy atom. The Balaban J connectivity index is 1.99. The van der Waals surface area contributed by atoms with E-state index in [0.717, 1.165) is 29.8 Å². The predicted molar refractivity (Wildman–Crippen MR) is 70.2 cm³/mol. The number of amides is 1. The summed E-state index contributed by atoms with van der Waals surface area (Å²) in [6.45, 7) is 10.0. The molecule has 1 aromatic rings. The van der Waals surface area contributed by atoms with Gasteiger partial charge < -0.3 is 10.3 Å². The van der Waals surface area contributed by atoms with Crippen molar-refractivity contribution in [1.29, 1.82) is 0 Å². The fourth-order valence-corrected chi connectivity index (χ4v) is 1.78. The van der Waals surface area contributed by atoms with Crippen LogP contribution in [0.15, 0.2) is 19.2 Å². The molecular formula is C14H18N2O. The van der Waals surface area contributed by atoms with E-state index < -0.39 is 0 Å². The standard InChI is InChI=1S/C14H18N2O/c1-4-10-8-11(16-12(10)5-2)9-15-13(17)14(3)6-7-14/h4-5,8,16H,1-2,6-7,9H2,3H3,(H,15,17). The molecule has 17 heavy (non-hydrogen) atoms. The second kappa shape index (κ2) is 4.24. The van der Waals surface area contributed by atoms with Crippen molar-refractivity contribution in [1.82, 2.24) is 10.3 Å². The van der Waals surface area contributed by atoms with E-state index in [0.29, 0.717) is 6.54 Å². The number of hydrogen-bond acceptors (Lipinski definition) is 1. The molecule has 0 bridgehead atoms. The number of carbonyl (C=O) groups excluding carboxylic acids is 1. The first kappa shape index (κ1) is 11.7. The third-order valence-electron chi connectivity index (χ3n) is 3.35. The number of aromatic nitrogens is 1. The van der Waals surface area contributed by atoms with Gasteiger partial charge >= 0.3 is 0 Å². The smallest absolute Gasteiger partial charge is 0.226 e. The average molecular weight is 230 g/mol. The van der Waals surface area contributed by atoms with Crippen molar-refractivity contribution in [2.24, 2.45) is 5.41 Å². The summed E-state index contributed by atoms with van der Waals surface area (Å²) in [5.41, 5.74) is 2.82. The van der Waals surface area contributed by atoms with Crippen LogP contribution in [0.3, 0.4) is 0 Å². The molecule has 0 radical (unpaired) electrons. The van der Waals surface area contributed by atoms with Crippen LogP contribution >= 0.6 is 0 Å². The highest BCUT2D eigenvalue weighted by Gasteiger charge is 2.44. The maximum Gasteiger partial charge on any atom is 0.226 e. The third-order valence-corrected chi connectivity index (χ3v) is 3.35. The first-order chi connectivity index (χ1) is 8.09. The van der Waals surface area contributed by atoms with Gasteiger partial charge in [-0.3, -0.25) is 4.79 Å². The SMILES string of the molecule is C=Cc1cc(CNC(=O)C2(C)CC2)[nH]c1C=C. The van der Waals surface area contributed by atoms with E-state index in [-0.39, 0.29) is 11.3 Å². The van der Waals surface area contributed by atoms with E-state index in [1.807, 2.05) is 13.0 Å². The molecule has 1 amide bonds. The van der Waals surface area contributed by atoms with E-state index in [1.54, 1.807) is 12.2 Å². The molecule has 1 aromatic heterocycles. The lowest BCUT2D eigenvalue weighted by atomic mass is 10.1. The largest absolute Gasteiger partial charge is 0.357 e. The van der Waals surface area contributed by atoms with Crippen LogP contribution in [0.4, 0.5) is 0 Å².